The van der Waals surface area contributed by atoms with Gasteiger partial charge in [-0.05, 0) is 93.5 Å². The molecular weight excluding hydrogens is 230 g/mol. The van der Waals surface area contributed by atoms with Gasteiger partial charge in [0, 0.05) is 0 Å². The van der Waals surface area contributed by atoms with Crippen molar-refractivity contribution in [2.75, 3.05) is 13.1 Å². The molecular formula is C15H26ClN. The van der Waals surface area contributed by atoms with Gasteiger partial charge in [-0.1, -0.05) is 0 Å². The Bertz CT molecular complexity index is 241. The van der Waals surface area contributed by atoms with E-state index in [1.54, 1.807) is 32.1 Å². The van der Waals surface area contributed by atoms with E-state index in [4.69, 9.17) is 0 Å². The van der Waals surface area contributed by atoms with Crippen LogP contribution in [0.15, 0.2) is 0 Å². The van der Waals surface area contributed by atoms with Gasteiger partial charge in [0.05, 0.1) is 0 Å². The van der Waals surface area contributed by atoms with Crippen LogP contribution in [0.4, 0.5) is 0 Å². The van der Waals surface area contributed by atoms with Gasteiger partial charge in [-0.3, -0.25) is 0 Å². The standard InChI is InChI=1S/C15H25N.ClH/c1-3-16-4-2-12(1)15-13-6-10-5-11(8-13)9-14(15)7-10;/h10-16H,1-9H2;1H. The minimum absolute atomic E-state index is 0. The van der Waals surface area contributed by atoms with Gasteiger partial charge in [0.2, 0.25) is 0 Å². The van der Waals surface area contributed by atoms with Crippen LogP contribution in [0.25, 0.3) is 0 Å². The number of hydrogen-bond acceptors (Lipinski definition) is 1. The highest BCUT2D eigenvalue weighted by atomic mass is 35.5. The second-order valence-electron chi connectivity index (χ2n) is 7.10. The highest BCUT2D eigenvalue weighted by Gasteiger charge is 2.50. The number of piperidine rings is 1. The Morgan fingerprint density at radius 3 is 1.71 bits per heavy atom. The molecule has 4 aliphatic carbocycles. The summed E-state index contributed by atoms with van der Waals surface area (Å²) in [4.78, 5) is 0. The van der Waals surface area contributed by atoms with E-state index in [1.807, 2.05) is 0 Å². The summed E-state index contributed by atoms with van der Waals surface area (Å²) in [6.45, 7) is 2.60. The summed E-state index contributed by atoms with van der Waals surface area (Å²) in [5, 5.41) is 3.54. The van der Waals surface area contributed by atoms with Gasteiger partial charge in [0.1, 0.15) is 0 Å². The topological polar surface area (TPSA) is 12.0 Å². The molecule has 1 saturated heterocycles. The lowest BCUT2D eigenvalue weighted by Gasteiger charge is -2.57. The van der Waals surface area contributed by atoms with Crippen LogP contribution in [0.1, 0.15) is 44.9 Å². The van der Waals surface area contributed by atoms with Gasteiger partial charge in [-0.2, -0.15) is 0 Å². The molecule has 1 N–H and O–H groups in total. The second-order valence-corrected chi connectivity index (χ2v) is 7.10. The number of rotatable bonds is 1. The first kappa shape index (κ1) is 12.3. The van der Waals surface area contributed by atoms with Crippen LogP contribution in [0.3, 0.4) is 0 Å². The smallest absolute Gasteiger partial charge is 0.00462 e. The summed E-state index contributed by atoms with van der Waals surface area (Å²) >= 11 is 0. The molecule has 98 valence electrons. The molecule has 4 saturated carbocycles. The fourth-order valence-electron chi connectivity index (χ4n) is 5.97. The monoisotopic (exact) mass is 255 g/mol. The minimum Gasteiger partial charge on any atom is -0.317 e. The summed E-state index contributed by atoms with van der Waals surface area (Å²) in [6, 6.07) is 0. The third kappa shape index (κ3) is 2.04. The Morgan fingerprint density at radius 2 is 1.18 bits per heavy atom. The van der Waals surface area contributed by atoms with E-state index >= 15 is 0 Å². The molecule has 5 rings (SSSR count). The third-order valence-electron chi connectivity index (χ3n) is 6.23. The maximum Gasteiger partial charge on any atom is -0.00462 e. The van der Waals surface area contributed by atoms with Crippen molar-refractivity contribution in [2.45, 2.75) is 44.9 Å². The molecule has 0 atom stereocenters. The molecule has 1 nitrogen and oxygen atoms in total. The second kappa shape index (κ2) is 4.74. The summed E-state index contributed by atoms with van der Waals surface area (Å²) < 4.78 is 0. The van der Waals surface area contributed by atoms with E-state index in [9.17, 15) is 0 Å². The molecule has 0 spiro atoms. The van der Waals surface area contributed by atoms with E-state index in [0.717, 1.165) is 35.5 Å². The molecule has 2 heteroatoms. The number of hydrogen-bond donors (Lipinski definition) is 1. The van der Waals surface area contributed by atoms with Crippen LogP contribution < -0.4 is 5.32 Å². The van der Waals surface area contributed by atoms with E-state index in [-0.39, 0.29) is 12.4 Å². The van der Waals surface area contributed by atoms with Gasteiger partial charge < -0.3 is 5.32 Å². The van der Waals surface area contributed by atoms with Crippen LogP contribution in [0.5, 0.6) is 0 Å². The van der Waals surface area contributed by atoms with Crippen molar-refractivity contribution in [3.63, 3.8) is 0 Å². The Kier molecular flexibility index (Phi) is 3.42. The maximum atomic E-state index is 3.54. The Balaban J connectivity index is 0.000000902. The van der Waals surface area contributed by atoms with Gasteiger partial charge in [0.15, 0.2) is 0 Å². The number of nitrogens with one attached hydrogen (secondary N) is 1. The largest absolute Gasteiger partial charge is 0.317 e. The van der Waals surface area contributed by atoms with E-state index in [0.29, 0.717) is 0 Å². The van der Waals surface area contributed by atoms with Crippen molar-refractivity contribution in [3.8, 4) is 0 Å². The molecule has 0 aromatic heterocycles. The van der Waals surface area contributed by atoms with Crippen molar-refractivity contribution < 1.29 is 0 Å². The van der Waals surface area contributed by atoms with Crippen LogP contribution in [0.2, 0.25) is 0 Å². The first-order valence-electron chi connectivity index (χ1n) is 7.61. The Labute approximate surface area is 112 Å². The zero-order chi connectivity index (χ0) is 10.5. The molecule has 4 bridgehead atoms. The fraction of sp³-hybridized carbons (Fsp3) is 1.00. The van der Waals surface area contributed by atoms with E-state index in [2.05, 4.69) is 5.32 Å². The average Bonchev–Trinajstić information content (AvgIpc) is 2.29. The normalized spacial score (nSPS) is 49.1. The fourth-order valence-corrected chi connectivity index (χ4v) is 5.97. The van der Waals surface area contributed by atoms with E-state index < -0.39 is 0 Å². The van der Waals surface area contributed by atoms with Crippen LogP contribution in [-0.2, 0) is 0 Å². The predicted octanol–water partition coefficient (Wildman–Crippen LogP) is 3.48. The highest BCUT2D eigenvalue weighted by molar-refractivity contribution is 5.85. The van der Waals surface area contributed by atoms with Crippen molar-refractivity contribution in [1.82, 2.24) is 5.32 Å². The van der Waals surface area contributed by atoms with Gasteiger partial charge in [-0.15, -0.1) is 12.4 Å². The van der Waals surface area contributed by atoms with Crippen molar-refractivity contribution in [2.24, 2.45) is 35.5 Å². The lowest BCUT2D eigenvalue weighted by Crippen LogP contribution is -2.49. The summed E-state index contributed by atoms with van der Waals surface area (Å²) in [5.74, 6) is 6.85. The van der Waals surface area contributed by atoms with Crippen LogP contribution >= 0.6 is 12.4 Å². The molecule has 0 unspecified atom stereocenters. The first-order valence-corrected chi connectivity index (χ1v) is 7.61. The lowest BCUT2D eigenvalue weighted by atomic mass is 9.49. The van der Waals surface area contributed by atoms with Crippen molar-refractivity contribution in [1.29, 1.82) is 0 Å². The summed E-state index contributed by atoms with van der Waals surface area (Å²) in [6.07, 6.45) is 11.0. The molecule has 5 aliphatic rings. The summed E-state index contributed by atoms with van der Waals surface area (Å²) in [7, 11) is 0. The summed E-state index contributed by atoms with van der Waals surface area (Å²) in [5.41, 5.74) is 0. The molecule has 0 amide bonds. The minimum atomic E-state index is 0. The SMILES string of the molecule is C1CC(C2C3CC4CC(C3)CC2C4)CCN1.Cl. The maximum absolute atomic E-state index is 3.54. The molecule has 0 radical (unpaired) electrons. The quantitative estimate of drug-likeness (QED) is 0.757. The van der Waals surface area contributed by atoms with Crippen molar-refractivity contribution in [3.05, 3.63) is 0 Å². The lowest BCUT2D eigenvalue weighted by molar-refractivity contribution is -0.0666. The molecule has 1 aliphatic heterocycles. The highest BCUT2D eigenvalue weighted by Crippen LogP contribution is 2.59. The van der Waals surface area contributed by atoms with Gasteiger partial charge in [-0.25, -0.2) is 0 Å². The van der Waals surface area contributed by atoms with E-state index in [1.165, 1.54) is 25.9 Å². The molecule has 1 heterocycles. The predicted molar refractivity (Wildman–Crippen MR) is 73.4 cm³/mol. The molecule has 17 heavy (non-hydrogen) atoms. The van der Waals surface area contributed by atoms with Crippen molar-refractivity contribution >= 4 is 12.4 Å². The Hall–Kier alpha value is 0.250. The average molecular weight is 256 g/mol. The Morgan fingerprint density at radius 1 is 0.647 bits per heavy atom. The molecule has 0 aromatic carbocycles. The zero-order valence-corrected chi connectivity index (χ0v) is 11.6. The molecule has 0 aromatic rings. The number of halogens is 1. The van der Waals surface area contributed by atoms with Crippen LogP contribution in [-0.4, -0.2) is 13.1 Å². The third-order valence-corrected chi connectivity index (χ3v) is 6.23. The van der Waals surface area contributed by atoms with Gasteiger partial charge >= 0.3 is 0 Å². The first-order chi connectivity index (χ1) is 7.90. The van der Waals surface area contributed by atoms with Gasteiger partial charge in [0.25, 0.3) is 0 Å². The molecule has 5 fully saturated rings. The van der Waals surface area contributed by atoms with Crippen LogP contribution in [0, 0.1) is 35.5 Å². The zero-order valence-electron chi connectivity index (χ0n) is 10.7.